The normalized spacial score (nSPS) is 16.1. The van der Waals surface area contributed by atoms with Crippen molar-refractivity contribution in [1.29, 1.82) is 0 Å². The van der Waals surface area contributed by atoms with Gasteiger partial charge in [0.15, 0.2) is 0 Å². The molecule has 0 aromatic heterocycles. The van der Waals surface area contributed by atoms with Crippen LogP contribution in [0.3, 0.4) is 0 Å². The molecular weight excluding hydrogens is 408 g/mol. The van der Waals surface area contributed by atoms with Crippen molar-refractivity contribution in [3.63, 3.8) is 0 Å². The lowest BCUT2D eigenvalue weighted by molar-refractivity contribution is -0.525. The van der Waals surface area contributed by atoms with Gasteiger partial charge >= 0.3 is 5.84 Å². The van der Waals surface area contributed by atoms with Gasteiger partial charge in [0.25, 0.3) is 15.9 Å². The Hall–Kier alpha value is -1.29. The lowest BCUT2D eigenvalue weighted by Gasteiger charge is -2.11. The highest BCUT2D eigenvalue weighted by Gasteiger charge is 2.35. The zero-order valence-corrected chi connectivity index (χ0v) is 19.0. The Morgan fingerprint density at radius 3 is 2.40 bits per heavy atom. The number of ketones is 1. The van der Waals surface area contributed by atoms with Crippen LogP contribution in [0.5, 0.6) is 0 Å². The van der Waals surface area contributed by atoms with Gasteiger partial charge in [0.1, 0.15) is 38.0 Å². The number of aliphatic hydroxyl groups excluding tert-OH is 2. The van der Waals surface area contributed by atoms with Gasteiger partial charge in [0, 0.05) is 0 Å². The van der Waals surface area contributed by atoms with E-state index >= 15 is 0 Å². The number of carbonyl (C=O) groups is 1. The van der Waals surface area contributed by atoms with E-state index < -0.39 is 22.0 Å². The maximum absolute atomic E-state index is 12.7. The summed E-state index contributed by atoms with van der Waals surface area (Å²) < 4.78 is 32.4. The number of hydrogen-bond acceptors (Lipinski definition) is 6. The zero-order valence-electron chi connectivity index (χ0n) is 18.2. The Balaban J connectivity index is 2.55. The molecule has 0 saturated heterocycles. The van der Waals surface area contributed by atoms with E-state index in [0.29, 0.717) is 18.9 Å². The van der Waals surface area contributed by atoms with Crippen molar-refractivity contribution in [2.75, 3.05) is 38.5 Å². The standard InChI is InChI=1S/C21H38N2O6S/c1-2-3-4-5-6-7-8-9-10-11-12-20(26)21-22(15-16-24)13-14-23(21)17-19(25)18-30(27,28)29/h11-12,19,24-25H,2-10,13-18H2,1H3/p+1/b12-11+. The largest absolute Gasteiger partial charge is 0.392 e. The molecule has 1 aliphatic rings. The molecule has 1 atom stereocenters. The van der Waals surface area contributed by atoms with Gasteiger partial charge in [-0.25, -0.2) is 0 Å². The summed E-state index contributed by atoms with van der Waals surface area (Å²) in [7, 11) is -4.30. The van der Waals surface area contributed by atoms with E-state index in [2.05, 4.69) is 6.92 Å². The average Bonchev–Trinajstić information content (AvgIpc) is 3.04. The number of rotatable bonds is 17. The minimum Gasteiger partial charge on any atom is -0.392 e. The minimum atomic E-state index is -4.30. The van der Waals surface area contributed by atoms with Crippen LogP contribution in [-0.2, 0) is 14.9 Å². The molecule has 0 bridgehead atoms. The maximum atomic E-state index is 12.7. The Morgan fingerprint density at radius 2 is 1.80 bits per heavy atom. The van der Waals surface area contributed by atoms with Gasteiger partial charge in [-0.2, -0.15) is 8.42 Å². The van der Waals surface area contributed by atoms with E-state index in [1.807, 2.05) is 6.08 Å². The summed E-state index contributed by atoms with van der Waals surface area (Å²) in [5.74, 6) is -0.649. The average molecular weight is 448 g/mol. The van der Waals surface area contributed by atoms with E-state index in [0.717, 1.165) is 19.3 Å². The molecular formula is C21H39N2O6S+. The Morgan fingerprint density at radius 1 is 1.17 bits per heavy atom. The Kier molecular flexibility index (Phi) is 13.1. The van der Waals surface area contributed by atoms with Crippen molar-refractivity contribution < 1.29 is 32.6 Å². The molecule has 1 rings (SSSR count). The van der Waals surface area contributed by atoms with Crippen molar-refractivity contribution >= 4 is 21.7 Å². The molecule has 0 saturated carbocycles. The summed E-state index contributed by atoms with van der Waals surface area (Å²) in [6.07, 6.45) is 12.7. The maximum Gasteiger partial charge on any atom is 0.320 e. The van der Waals surface area contributed by atoms with Gasteiger partial charge in [0.2, 0.25) is 0 Å². The molecule has 30 heavy (non-hydrogen) atoms. The number of β-amino-alcohol motifs (C(OH)–C–C–N with tert-alkyl or cyclic N) is 2. The number of unbranched alkanes of at least 4 members (excludes halogenated alkanes) is 8. The molecule has 0 aliphatic carbocycles. The number of carbonyl (C=O) groups excluding carboxylic acids is 1. The van der Waals surface area contributed by atoms with Gasteiger partial charge in [-0.1, -0.05) is 57.9 Å². The third-order valence-corrected chi connectivity index (χ3v) is 5.96. The number of amidine groups is 1. The van der Waals surface area contributed by atoms with E-state index in [1.165, 1.54) is 44.6 Å². The molecule has 0 amide bonds. The van der Waals surface area contributed by atoms with Crippen molar-refractivity contribution in [2.45, 2.75) is 70.8 Å². The molecule has 1 aliphatic heterocycles. The first-order chi connectivity index (χ1) is 14.3. The predicted octanol–water partition coefficient (Wildman–Crippen LogP) is 1.61. The fourth-order valence-corrected chi connectivity index (χ4v) is 4.28. The second-order valence-corrected chi connectivity index (χ2v) is 9.41. The fourth-order valence-electron chi connectivity index (χ4n) is 3.69. The third-order valence-electron chi connectivity index (χ3n) is 5.16. The molecule has 3 N–H and O–H groups in total. The Labute approximate surface area is 181 Å². The summed E-state index contributed by atoms with van der Waals surface area (Å²) in [6.45, 7) is 3.26. The SMILES string of the molecule is CCCCCCCCCC/C=C/C(=O)C1=[N+](CC(O)CS(=O)(=O)O)CCN1CCO. The number of aliphatic hydroxyl groups is 2. The number of allylic oxidation sites excluding steroid dienone is 1. The Bertz CT molecular complexity index is 675. The lowest BCUT2D eigenvalue weighted by Crippen LogP contribution is -2.39. The first kappa shape index (κ1) is 26.7. The van der Waals surface area contributed by atoms with Crippen LogP contribution in [0.25, 0.3) is 0 Å². The predicted molar refractivity (Wildman–Crippen MR) is 117 cm³/mol. The highest BCUT2D eigenvalue weighted by molar-refractivity contribution is 7.85. The van der Waals surface area contributed by atoms with Crippen molar-refractivity contribution in [3.8, 4) is 0 Å². The van der Waals surface area contributed by atoms with Gasteiger partial charge in [-0.3, -0.25) is 18.8 Å². The van der Waals surface area contributed by atoms with Gasteiger partial charge in [0.05, 0.1) is 6.61 Å². The molecule has 1 heterocycles. The van der Waals surface area contributed by atoms with Crippen LogP contribution in [0.1, 0.15) is 64.7 Å². The van der Waals surface area contributed by atoms with Gasteiger partial charge in [-0.15, -0.1) is 0 Å². The molecule has 0 spiro atoms. The highest BCUT2D eigenvalue weighted by Crippen LogP contribution is 2.10. The van der Waals surface area contributed by atoms with Crippen LogP contribution in [0.2, 0.25) is 0 Å². The van der Waals surface area contributed by atoms with Crippen molar-refractivity contribution in [1.82, 2.24) is 4.90 Å². The number of hydrogen-bond donors (Lipinski definition) is 3. The van der Waals surface area contributed by atoms with Crippen LogP contribution < -0.4 is 0 Å². The molecule has 0 fully saturated rings. The van der Waals surface area contributed by atoms with Crippen LogP contribution in [0.4, 0.5) is 0 Å². The number of nitrogens with zero attached hydrogens (tertiary/aromatic N) is 2. The fraction of sp³-hybridized carbons (Fsp3) is 0.810. The molecule has 9 heteroatoms. The highest BCUT2D eigenvalue weighted by atomic mass is 32.2. The summed E-state index contributed by atoms with van der Waals surface area (Å²) in [4.78, 5) is 14.4. The van der Waals surface area contributed by atoms with E-state index in [4.69, 9.17) is 4.55 Å². The van der Waals surface area contributed by atoms with Crippen LogP contribution in [0.15, 0.2) is 12.2 Å². The monoisotopic (exact) mass is 447 g/mol. The van der Waals surface area contributed by atoms with Crippen LogP contribution in [0, 0.1) is 0 Å². The summed E-state index contributed by atoms with van der Waals surface area (Å²) in [6, 6.07) is 0. The molecule has 0 aromatic carbocycles. The van der Waals surface area contributed by atoms with Crippen LogP contribution in [-0.4, -0.2) is 88.9 Å². The van der Waals surface area contributed by atoms with Gasteiger partial charge in [-0.05, 0) is 18.9 Å². The van der Waals surface area contributed by atoms with E-state index in [-0.39, 0.29) is 25.5 Å². The zero-order chi connectivity index (χ0) is 22.4. The first-order valence-corrected chi connectivity index (χ1v) is 12.7. The van der Waals surface area contributed by atoms with Crippen molar-refractivity contribution in [3.05, 3.63) is 12.2 Å². The van der Waals surface area contributed by atoms with Crippen LogP contribution >= 0.6 is 0 Å². The summed E-state index contributed by atoms with van der Waals surface area (Å²) in [5, 5.41) is 19.2. The summed E-state index contributed by atoms with van der Waals surface area (Å²) in [5.41, 5.74) is 0. The van der Waals surface area contributed by atoms with E-state index in [1.54, 1.807) is 9.48 Å². The summed E-state index contributed by atoms with van der Waals surface area (Å²) >= 11 is 0. The van der Waals surface area contributed by atoms with E-state index in [9.17, 15) is 23.4 Å². The smallest absolute Gasteiger partial charge is 0.320 e. The lowest BCUT2D eigenvalue weighted by atomic mass is 10.1. The topological polar surface area (TPSA) is 118 Å². The second-order valence-electron chi connectivity index (χ2n) is 7.91. The quantitative estimate of drug-likeness (QED) is 0.134. The minimum absolute atomic E-state index is 0.0747. The first-order valence-electron chi connectivity index (χ1n) is 11.1. The molecule has 8 nitrogen and oxygen atoms in total. The molecule has 0 aromatic rings. The molecule has 1 unspecified atom stereocenters. The second kappa shape index (κ2) is 14.7. The third kappa shape index (κ3) is 11.2. The van der Waals surface area contributed by atoms with Gasteiger partial charge < -0.3 is 10.2 Å². The molecule has 174 valence electrons. The molecule has 0 radical (unpaired) electrons. The van der Waals surface area contributed by atoms with Crippen molar-refractivity contribution in [2.24, 2.45) is 0 Å².